The second kappa shape index (κ2) is 9.93. The van der Waals surface area contributed by atoms with Crippen molar-refractivity contribution in [1.29, 1.82) is 0 Å². The first-order valence-electron chi connectivity index (χ1n) is 8.47. The largest absolute Gasteiger partial charge is 0.382 e. The van der Waals surface area contributed by atoms with Gasteiger partial charge in [0, 0.05) is 39.4 Å². The lowest BCUT2D eigenvalue weighted by Gasteiger charge is -2.19. The fraction of sp³-hybridized carbons (Fsp3) is 0.667. The summed E-state index contributed by atoms with van der Waals surface area (Å²) in [6.45, 7) is 9.57. The first-order chi connectivity index (χ1) is 10.4. The van der Waals surface area contributed by atoms with Crippen LogP contribution in [0.15, 0.2) is 24.3 Å². The van der Waals surface area contributed by atoms with Crippen LogP contribution in [0.2, 0.25) is 0 Å². The number of rotatable bonds is 9. The minimum atomic E-state index is 0.838. The summed E-state index contributed by atoms with van der Waals surface area (Å²) < 4.78 is 5.34. The van der Waals surface area contributed by atoms with E-state index in [0.29, 0.717) is 0 Å². The van der Waals surface area contributed by atoms with Crippen LogP contribution in [0, 0.1) is 0 Å². The van der Waals surface area contributed by atoms with Crippen molar-refractivity contribution in [3.05, 3.63) is 35.4 Å². The minimum Gasteiger partial charge on any atom is -0.382 e. The molecule has 1 aliphatic rings. The predicted molar refractivity (Wildman–Crippen MR) is 88.9 cm³/mol. The van der Waals surface area contributed by atoms with E-state index < -0.39 is 0 Å². The van der Waals surface area contributed by atoms with Gasteiger partial charge in [0.15, 0.2) is 0 Å². The van der Waals surface area contributed by atoms with E-state index in [2.05, 4.69) is 41.4 Å². The van der Waals surface area contributed by atoms with Crippen LogP contribution in [-0.2, 0) is 17.6 Å². The highest BCUT2D eigenvalue weighted by Crippen LogP contribution is 2.14. The van der Waals surface area contributed by atoms with Gasteiger partial charge in [0.05, 0.1) is 0 Å². The molecule has 1 aromatic rings. The van der Waals surface area contributed by atoms with Crippen LogP contribution in [0.25, 0.3) is 0 Å². The molecule has 0 unspecified atom stereocenters. The Morgan fingerprint density at radius 1 is 1.05 bits per heavy atom. The molecule has 1 aliphatic heterocycles. The topological polar surface area (TPSA) is 24.5 Å². The third kappa shape index (κ3) is 6.16. The molecule has 118 valence electrons. The number of nitrogens with one attached hydrogen (secondary N) is 1. The first-order valence-corrected chi connectivity index (χ1v) is 8.47. The average molecular weight is 290 g/mol. The molecule has 0 atom stereocenters. The molecular formula is C18H30N2O. The van der Waals surface area contributed by atoms with Crippen molar-refractivity contribution < 1.29 is 4.74 Å². The van der Waals surface area contributed by atoms with Gasteiger partial charge in [0.1, 0.15) is 0 Å². The monoisotopic (exact) mass is 290 g/mol. The molecule has 3 nitrogen and oxygen atoms in total. The molecule has 21 heavy (non-hydrogen) atoms. The lowest BCUT2D eigenvalue weighted by atomic mass is 10.0. The average Bonchev–Trinajstić information content (AvgIpc) is 2.73. The van der Waals surface area contributed by atoms with E-state index in [1.54, 1.807) is 11.1 Å². The molecule has 0 spiro atoms. The van der Waals surface area contributed by atoms with E-state index in [9.17, 15) is 0 Å². The van der Waals surface area contributed by atoms with E-state index >= 15 is 0 Å². The number of hydrogen-bond acceptors (Lipinski definition) is 3. The number of nitrogens with zero attached hydrogens (tertiary/aromatic N) is 1. The third-order valence-electron chi connectivity index (χ3n) is 4.21. The van der Waals surface area contributed by atoms with Crippen LogP contribution >= 0.6 is 0 Å². The fourth-order valence-electron chi connectivity index (χ4n) is 2.90. The second-order valence-electron chi connectivity index (χ2n) is 5.76. The van der Waals surface area contributed by atoms with Crippen LogP contribution in [-0.4, -0.2) is 50.8 Å². The molecule has 0 aromatic heterocycles. The molecule has 1 N–H and O–H groups in total. The summed E-state index contributed by atoms with van der Waals surface area (Å²) >= 11 is 0. The highest BCUT2D eigenvalue weighted by atomic mass is 16.5. The Bertz CT molecular complexity index is 368. The maximum atomic E-state index is 5.34. The van der Waals surface area contributed by atoms with E-state index in [1.807, 2.05) is 0 Å². The second-order valence-corrected chi connectivity index (χ2v) is 5.76. The summed E-state index contributed by atoms with van der Waals surface area (Å²) in [6, 6.07) is 8.90. The summed E-state index contributed by atoms with van der Waals surface area (Å²) in [5.41, 5.74) is 3.09. The van der Waals surface area contributed by atoms with Crippen LogP contribution in [0.1, 0.15) is 30.9 Å². The zero-order chi connectivity index (χ0) is 14.8. The van der Waals surface area contributed by atoms with E-state index in [4.69, 9.17) is 4.74 Å². The Morgan fingerprint density at radius 2 is 1.76 bits per heavy atom. The van der Waals surface area contributed by atoms with Crippen LogP contribution in [0.5, 0.6) is 0 Å². The van der Waals surface area contributed by atoms with Crippen molar-refractivity contribution in [2.45, 2.75) is 32.6 Å². The van der Waals surface area contributed by atoms with Gasteiger partial charge in [-0.05, 0) is 50.3 Å². The molecule has 1 heterocycles. The molecule has 0 saturated heterocycles. The standard InChI is InChI=1S/C18H30N2O/c1-2-21-16-6-5-11-19-12-15-20-13-9-17-7-3-4-8-18(17)10-14-20/h3-4,7-8,19H,2,5-6,9-16H2,1H3. The van der Waals surface area contributed by atoms with Gasteiger partial charge in [-0.2, -0.15) is 0 Å². The first kappa shape index (κ1) is 16.5. The zero-order valence-corrected chi connectivity index (χ0v) is 13.4. The molecule has 0 bridgehead atoms. The van der Waals surface area contributed by atoms with Crippen LogP contribution in [0.4, 0.5) is 0 Å². The van der Waals surface area contributed by atoms with Crippen LogP contribution in [0.3, 0.4) is 0 Å². The summed E-state index contributed by atoms with van der Waals surface area (Å²) in [7, 11) is 0. The van der Waals surface area contributed by atoms with Crippen molar-refractivity contribution in [3.63, 3.8) is 0 Å². The number of ether oxygens (including phenoxy) is 1. The minimum absolute atomic E-state index is 0.838. The Labute approximate surface area is 129 Å². The highest BCUT2D eigenvalue weighted by molar-refractivity contribution is 5.28. The van der Waals surface area contributed by atoms with E-state index in [0.717, 1.165) is 26.3 Å². The lowest BCUT2D eigenvalue weighted by molar-refractivity contribution is 0.143. The van der Waals surface area contributed by atoms with E-state index in [-0.39, 0.29) is 0 Å². The molecule has 0 radical (unpaired) electrons. The molecular weight excluding hydrogens is 260 g/mol. The van der Waals surface area contributed by atoms with Crippen molar-refractivity contribution >= 4 is 0 Å². The molecule has 1 aromatic carbocycles. The summed E-state index contributed by atoms with van der Waals surface area (Å²) in [5.74, 6) is 0. The Balaban J connectivity index is 1.54. The summed E-state index contributed by atoms with van der Waals surface area (Å²) in [5, 5.41) is 3.55. The number of benzene rings is 1. The van der Waals surface area contributed by atoms with Crippen LogP contribution < -0.4 is 5.32 Å². The number of hydrogen-bond donors (Lipinski definition) is 1. The Kier molecular flexibility index (Phi) is 7.79. The molecule has 0 saturated carbocycles. The SMILES string of the molecule is CCOCCCCNCCN1CCc2ccccc2CC1. The van der Waals surface area contributed by atoms with Gasteiger partial charge in [-0.3, -0.25) is 0 Å². The Hall–Kier alpha value is -0.900. The van der Waals surface area contributed by atoms with Gasteiger partial charge in [-0.15, -0.1) is 0 Å². The van der Waals surface area contributed by atoms with Crippen molar-refractivity contribution in [3.8, 4) is 0 Å². The molecule has 0 amide bonds. The van der Waals surface area contributed by atoms with Gasteiger partial charge in [0.25, 0.3) is 0 Å². The lowest BCUT2D eigenvalue weighted by Crippen LogP contribution is -2.34. The van der Waals surface area contributed by atoms with Crippen molar-refractivity contribution in [2.75, 3.05) is 45.9 Å². The van der Waals surface area contributed by atoms with Gasteiger partial charge >= 0.3 is 0 Å². The fourth-order valence-corrected chi connectivity index (χ4v) is 2.90. The molecule has 3 heteroatoms. The highest BCUT2D eigenvalue weighted by Gasteiger charge is 2.12. The quantitative estimate of drug-likeness (QED) is 0.707. The summed E-state index contributed by atoms with van der Waals surface area (Å²) in [6.07, 6.45) is 4.78. The maximum absolute atomic E-state index is 5.34. The molecule has 0 aliphatic carbocycles. The molecule has 0 fully saturated rings. The zero-order valence-electron chi connectivity index (χ0n) is 13.4. The van der Waals surface area contributed by atoms with Crippen molar-refractivity contribution in [2.24, 2.45) is 0 Å². The number of fused-ring (bicyclic) bond motifs is 1. The van der Waals surface area contributed by atoms with Gasteiger partial charge in [-0.1, -0.05) is 24.3 Å². The van der Waals surface area contributed by atoms with Gasteiger partial charge in [-0.25, -0.2) is 0 Å². The third-order valence-corrected chi connectivity index (χ3v) is 4.21. The van der Waals surface area contributed by atoms with Gasteiger partial charge in [0.2, 0.25) is 0 Å². The van der Waals surface area contributed by atoms with Crippen molar-refractivity contribution in [1.82, 2.24) is 10.2 Å². The molecule has 2 rings (SSSR count). The van der Waals surface area contributed by atoms with Gasteiger partial charge < -0.3 is 15.0 Å². The number of unbranched alkanes of at least 4 members (excludes halogenated alkanes) is 1. The Morgan fingerprint density at radius 3 is 2.43 bits per heavy atom. The summed E-state index contributed by atoms with van der Waals surface area (Å²) in [4.78, 5) is 2.59. The normalized spacial score (nSPS) is 15.7. The maximum Gasteiger partial charge on any atom is 0.0466 e. The van der Waals surface area contributed by atoms with E-state index in [1.165, 1.54) is 45.3 Å². The smallest absolute Gasteiger partial charge is 0.0466 e. The predicted octanol–water partition coefficient (Wildman–Crippen LogP) is 2.49.